The van der Waals surface area contributed by atoms with Gasteiger partial charge < -0.3 is 10.1 Å². The highest BCUT2D eigenvalue weighted by molar-refractivity contribution is 9.10. The molecular weight excluding hydrogens is 453 g/mol. The van der Waals surface area contributed by atoms with Crippen LogP contribution in [0.25, 0.3) is 0 Å². The summed E-state index contributed by atoms with van der Waals surface area (Å²) in [6.45, 7) is 4.58. The van der Waals surface area contributed by atoms with Crippen LogP contribution in [-0.2, 0) is 0 Å². The van der Waals surface area contributed by atoms with Crippen LogP contribution in [0.15, 0.2) is 40.9 Å². The summed E-state index contributed by atoms with van der Waals surface area (Å²) in [5.41, 5.74) is -0.218. The molecule has 0 saturated heterocycles. The van der Waals surface area contributed by atoms with Crippen molar-refractivity contribution in [3.63, 3.8) is 0 Å². The summed E-state index contributed by atoms with van der Waals surface area (Å²) in [7, 11) is 0. The lowest BCUT2D eigenvalue weighted by Crippen LogP contribution is -2.34. The van der Waals surface area contributed by atoms with E-state index in [-0.39, 0.29) is 16.5 Å². The van der Waals surface area contributed by atoms with Gasteiger partial charge in [-0.25, -0.2) is 4.39 Å². The second-order valence-electron chi connectivity index (χ2n) is 6.18. The number of non-ortho nitro benzene ring substituents is 1. The van der Waals surface area contributed by atoms with Gasteiger partial charge in [-0.15, -0.1) is 0 Å². The van der Waals surface area contributed by atoms with Crippen molar-refractivity contribution in [2.45, 2.75) is 13.8 Å². The number of nitrogens with zero attached hydrogens (tertiary/aromatic N) is 1. The monoisotopic (exact) mass is 469 g/mol. The first-order chi connectivity index (χ1) is 13.2. The highest BCUT2D eigenvalue weighted by Gasteiger charge is 2.15. The standard InChI is InChI=1S/C18H17BrFN3O4S/c1-10(2)9-27-16-6-3-11(7-13(16)19)17(24)22-18(28)21-15-8-12(23(25)26)4-5-14(15)20/h3-8,10H,9H2,1-2H3,(H2,21,22,24,28). The maximum Gasteiger partial charge on any atom is 0.271 e. The molecule has 0 aromatic heterocycles. The van der Waals surface area contributed by atoms with Crippen LogP contribution >= 0.6 is 28.1 Å². The van der Waals surface area contributed by atoms with Crippen molar-refractivity contribution in [3.8, 4) is 5.75 Å². The largest absolute Gasteiger partial charge is 0.492 e. The Hall–Kier alpha value is -2.59. The van der Waals surface area contributed by atoms with E-state index in [1.54, 1.807) is 18.2 Å². The van der Waals surface area contributed by atoms with Crippen LogP contribution in [0.3, 0.4) is 0 Å². The zero-order valence-corrected chi connectivity index (χ0v) is 17.4. The molecular formula is C18H17BrFN3O4S. The van der Waals surface area contributed by atoms with Gasteiger partial charge in [-0.05, 0) is 58.3 Å². The highest BCUT2D eigenvalue weighted by atomic mass is 79.9. The Morgan fingerprint density at radius 1 is 1.32 bits per heavy atom. The van der Waals surface area contributed by atoms with Crippen LogP contribution in [0.5, 0.6) is 5.75 Å². The molecule has 0 saturated carbocycles. The van der Waals surface area contributed by atoms with Gasteiger partial charge in [-0.1, -0.05) is 13.8 Å². The molecule has 7 nitrogen and oxygen atoms in total. The van der Waals surface area contributed by atoms with Crippen LogP contribution in [-0.4, -0.2) is 22.5 Å². The van der Waals surface area contributed by atoms with Crippen molar-refractivity contribution in [2.24, 2.45) is 5.92 Å². The average Bonchev–Trinajstić information content (AvgIpc) is 2.62. The lowest BCUT2D eigenvalue weighted by atomic mass is 10.2. The molecule has 28 heavy (non-hydrogen) atoms. The Balaban J connectivity index is 2.04. The summed E-state index contributed by atoms with van der Waals surface area (Å²) in [5.74, 6) is -0.312. The van der Waals surface area contributed by atoms with Gasteiger partial charge in [0, 0.05) is 17.7 Å². The first-order valence-corrected chi connectivity index (χ1v) is 9.36. The first-order valence-electron chi connectivity index (χ1n) is 8.16. The van der Waals surface area contributed by atoms with Crippen molar-refractivity contribution in [3.05, 3.63) is 62.4 Å². The molecule has 0 aliphatic carbocycles. The molecule has 1 amide bonds. The molecule has 2 aromatic rings. The number of carbonyl (C=O) groups excluding carboxylic acids is 1. The third-order valence-electron chi connectivity index (χ3n) is 3.40. The number of nitro benzene ring substituents is 1. The maximum atomic E-state index is 13.8. The fraction of sp³-hybridized carbons (Fsp3) is 0.222. The molecule has 0 fully saturated rings. The Labute approximate surface area is 174 Å². The molecule has 0 heterocycles. The lowest BCUT2D eigenvalue weighted by molar-refractivity contribution is -0.384. The van der Waals surface area contributed by atoms with E-state index in [0.717, 1.165) is 18.2 Å². The van der Waals surface area contributed by atoms with Crippen LogP contribution in [0, 0.1) is 21.8 Å². The summed E-state index contributed by atoms with van der Waals surface area (Å²) < 4.78 is 20.0. The van der Waals surface area contributed by atoms with Gasteiger partial charge in [-0.3, -0.25) is 20.2 Å². The minimum atomic E-state index is -0.739. The number of carbonyl (C=O) groups is 1. The Morgan fingerprint density at radius 3 is 2.64 bits per heavy atom. The van der Waals surface area contributed by atoms with E-state index in [9.17, 15) is 19.3 Å². The van der Waals surface area contributed by atoms with E-state index in [2.05, 4.69) is 26.6 Å². The minimum Gasteiger partial charge on any atom is -0.492 e. The maximum absolute atomic E-state index is 13.8. The van der Waals surface area contributed by atoms with Crippen molar-refractivity contribution < 1.29 is 18.8 Å². The number of hydrogen-bond donors (Lipinski definition) is 2. The zero-order valence-electron chi connectivity index (χ0n) is 15.0. The molecule has 0 aliphatic heterocycles. The molecule has 0 radical (unpaired) electrons. The SMILES string of the molecule is CC(C)COc1ccc(C(=O)NC(=S)Nc2cc([N+](=O)[O-])ccc2F)cc1Br. The van der Waals surface area contributed by atoms with E-state index in [1.165, 1.54) is 0 Å². The van der Waals surface area contributed by atoms with Crippen LogP contribution in [0.4, 0.5) is 15.8 Å². The number of nitro groups is 1. The number of anilines is 1. The number of rotatable bonds is 6. The predicted molar refractivity (Wildman–Crippen MR) is 111 cm³/mol. The third-order valence-corrected chi connectivity index (χ3v) is 4.23. The molecule has 0 atom stereocenters. The van der Waals surface area contributed by atoms with E-state index in [1.807, 2.05) is 13.8 Å². The lowest BCUT2D eigenvalue weighted by Gasteiger charge is -2.13. The van der Waals surface area contributed by atoms with Gasteiger partial charge in [-0.2, -0.15) is 0 Å². The normalized spacial score (nSPS) is 10.5. The molecule has 148 valence electrons. The molecule has 0 spiro atoms. The Kier molecular flexibility index (Phi) is 7.41. The molecule has 2 N–H and O–H groups in total. The molecule has 0 bridgehead atoms. The van der Waals surface area contributed by atoms with E-state index >= 15 is 0 Å². The predicted octanol–water partition coefficient (Wildman–Crippen LogP) is 4.66. The van der Waals surface area contributed by atoms with E-state index in [0.29, 0.717) is 28.3 Å². The number of nitrogens with one attached hydrogen (secondary N) is 2. The Bertz CT molecular complexity index is 924. The second-order valence-corrected chi connectivity index (χ2v) is 7.44. The number of ether oxygens (including phenoxy) is 1. The molecule has 0 unspecified atom stereocenters. The summed E-state index contributed by atoms with van der Waals surface area (Å²) >= 11 is 8.34. The Morgan fingerprint density at radius 2 is 2.04 bits per heavy atom. The quantitative estimate of drug-likeness (QED) is 0.363. The molecule has 10 heteroatoms. The smallest absolute Gasteiger partial charge is 0.271 e. The fourth-order valence-electron chi connectivity index (χ4n) is 2.07. The van der Waals surface area contributed by atoms with Crippen LogP contribution in [0.1, 0.15) is 24.2 Å². The zero-order chi connectivity index (χ0) is 20.8. The van der Waals surface area contributed by atoms with Crippen molar-refractivity contribution >= 4 is 50.5 Å². The summed E-state index contributed by atoms with van der Waals surface area (Å²) in [6.07, 6.45) is 0. The number of hydrogen-bond acceptors (Lipinski definition) is 5. The summed E-state index contributed by atoms with van der Waals surface area (Å²) in [5, 5.41) is 15.4. The number of halogens is 2. The molecule has 0 aliphatic rings. The van der Waals surface area contributed by atoms with E-state index in [4.69, 9.17) is 17.0 Å². The van der Waals surface area contributed by atoms with E-state index < -0.39 is 16.6 Å². The number of amides is 1. The number of benzene rings is 2. The van der Waals surface area contributed by atoms with Crippen molar-refractivity contribution in [1.82, 2.24) is 5.32 Å². The summed E-state index contributed by atoms with van der Waals surface area (Å²) in [6, 6.07) is 7.75. The van der Waals surface area contributed by atoms with Gasteiger partial charge in [0.05, 0.1) is 21.7 Å². The van der Waals surface area contributed by atoms with Gasteiger partial charge in [0.1, 0.15) is 11.6 Å². The van der Waals surface area contributed by atoms with Gasteiger partial charge in [0.2, 0.25) is 0 Å². The minimum absolute atomic E-state index is 0.194. The van der Waals surface area contributed by atoms with Crippen LogP contribution < -0.4 is 15.4 Å². The second kappa shape index (κ2) is 9.56. The van der Waals surface area contributed by atoms with Crippen LogP contribution in [0.2, 0.25) is 0 Å². The van der Waals surface area contributed by atoms with Gasteiger partial charge in [0.15, 0.2) is 5.11 Å². The van der Waals surface area contributed by atoms with Gasteiger partial charge in [0.25, 0.3) is 11.6 Å². The van der Waals surface area contributed by atoms with Crippen molar-refractivity contribution in [1.29, 1.82) is 0 Å². The average molecular weight is 470 g/mol. The first kappa shape index (κ1) is 21.7. The summed E-state index contributed by atoms with van der Waals surface area (Å²) in [4.78, 5) is 22.5. The molecule has 2 rings (SSSR count). The van der Waals surface area contributed by atoms with Crippen molar-refractivity contribution in [2.75, 3.05) is 11.9 Å². The topological polar surface area (TPSA) is 93.5 Å². The third kappa shape index (κ3) is 5.96. The fourth-order valence-corrected chi connectivity index (χ4v) is 2.76. The van der Waals surface area contributed by atoms with Gasteiger partial charge >= 0.3 is 0 Å². The number of thiocarbonyl (C=S) groups is 1. The molecule has 2 aromatic carbocycles. The highest BCUT2D eigenvalue weighted by Crippen LogP contribution is 2.26.